The highest BCUT2D eigenvalue weighted by molar-refractivity contribution is 5.22. The van der Waals surface area contributed by atoms with Gasteiger partial charge in [0.1, 0.15) is 5.75 Å². The Bertz CT molecular complexity index is 461. The minimum absolute atomic E-state index is 0.352. The van der Waals surface area contributed by atoms with Gasteiger partial charge in [-0.3, -0.25) is 9.88 Å². The van der Waals surface area contributed by atoms with Gasteiger partial charge in [-0.05, 0) is 30.7 Å². The van der Waals surface area contributed by atoms with Gasteiger partial charge in [-0.1, -0.05) is 6.92 Å². The van der Waals surface area contributed by atoms with Gasteiger partial charge in [0.25, 0.3) is 0 Å². The molecule has 1 aromatic heterocycles. The standard InChI is InChI=1S/C15H22N2O2/c1-11-8-17(10-15(11,18)12-3-4-12)9-13-7-14(19-2)5-6-16-13/h5-7,11-12,18H,3-4,8-10H2,1-2H3/t11-,15+/m1/s1. The van der Waals surface area contributed by atoms with E-state index < -0.39 is 5.60 Å². The van der Waals surface area contributed by atoms with Crippen molar-refractivity contribution in [2.45, 2.75) is 31.9 Å². The first-order valence-corrected chi connectivity index (χ1v) is 7.05. The summed E-state index contributed by atoms with van der Waals surface area (Å²) < 4.78 is 5.22. The van der Waals surface area contributed by atoms with Crippen molar-refractivity contribution in [3.63, 3.8) is 0 Å². The number of aliphatic hydroxyl groups is 1. The van der Waals surface area contributed by atoms with Crippen LogP contribution in [0, 0.1) is 11.8 Å². The minimum Gasteiger partial charge on any atom is -0.497 e. The molecule has 1 N–H and O–H groups in total. The Morgan fingerprint density at radius 1 is 1.53 bits per heavy atom. The van der Waals surface area contributed by atoms with Crippen LogP contribution in [0.15, 0.2) is 18.3 Å². The van der Waals surface area contributed by atoms with Gasteiger partial charge in [0.15, 0.2) is 0 Å². The van der Waals surface area contributed by atoms with Crippen LogP contribution >= 0.6 is 0 Å². The first-order chi connectivity index (χ1) is 9.11. The number of hydrogen-bond acceptors (Lipinski definition) is 4. The molecule has 2 fully saturated rings. The summed E-state index contributed by atoms with van der Waals surface area (Å²) in [6.45, 7) is 4.68. The molecule has 4 nitrogen and oxygen atoms in total. The van der Waals surface area contributed by atoms with Crippen molar-refractivity contribution in [3.8, 4) is 5.75 Å². The third-order valence-corrected chi connectivity index (χ3v) is 4.56. The molecule has 19 heavy (non-hydrogen) atoms. The maximum Gasteiger partial charge on any atom is 0.122 e. The highest BCUT2D eigenvalue weighted by Gasteiger charge is 2.52. The smallest absolute Gasteiger partial charge is 0.122 e. The van der Waals surface area contributed by atoms with Crippen LogP contribution in [0.25, 0.3) is 0 Å². The average molecular weight is 262 g/mol. The number of methoxy groups -OCH3 is 1. The third-order valence-electron chi connectivity index (χ3n) is 4.56. The summed E-state index contributed by atoms with van der Waals surface area (Å²) in [7, 11) is 1.67. The Balaban J connectivity index is 1.67. The lowest BCUT2D eigenvalue weighted by molar-refractivity contribution is -0.00448. The van der Waals surface area contributed by atoms with E-state index in [1.54, 1.807) is 13.3 Å². The minimum atomic E-state index is -0.473. The van der Waals surface area contributed by atoms with Crippen LogP contribution in [0.1, 0.15) is 25.5 Å². The summed E-state index contributed by atoms with van der Waals surface area (Å²) in [6, 6.07) is 3.83. The molecule has 1 aromatic rings. The van der Waals surface area contributed by atoms with Gasteiger partial charge >= 0.3 is 0 Å². The van der Waals surface area contributed by atoms with E-state index in [0.29, 0.717) is 11.8 Å². The zero-order valence-electron chi connectivity index (χ0n) is 11.7. The van der Waals surface area contributed by atoms with Crippen molar-refractivity contribution in [1.29, 1.82) is 0 Å². The lowest BCUT2D eigenvalue weighted by atomic mass is 9.88. The first kappa shape index (κ1) is 12.9. The van der Waals surface area contributed by atoms with E-state index in [4.69, 9.17) is 4.74 Å². The summed E-state index contributed by atoms with van der Waals surface area (Å²) >= 11 is 0. The molecular formula is C15H22N2O2. The molecule has 2 aliphatic rings. The van der Waals surface area contributed by atoms with Crippen molar-refractivity contribution in [2.24, 2.45) is 11.8 Å². The van der Waals surface area contributed by atoms with Gasteiger partial charge in [0.05, 0.1) is 18.4 Å². The molecule has 0 amide bonds. The summed E-state index contributed by atoms with van der Waals surface area (Å²) in [4.78, 5) is 6.69. The van der Waals surface area contributed by atoms with E-state index in [-0.39, 0.29) is 0 Å². The van der Waals surface area contributed by atoms with Crippen LogP contribution in [-0.2, 0) is 6.54 Å². The van der Waals surface area contributed by atoms with Crippen molar-refractivity contribution in [2.75, 3.05) is 20.2 Å². The summed E-state index contributed by atoms with van der Waals surface area (Å²) in [5, 5.41) is 10.8. The molecule has 2 heterocycles. The predicted octanol–water partition coefficient (Wildman–Crippen LogP) is 1.68. The molecule has 0 spiro atoms. The largest absolute Gasteiger partial charge is 0.497 e. The van der Waals surface area contributed by atoms with Crippen molar-refractivity contribution in [1.82, 2.24) is 9.88 Å². The first-order valence-electron chi connectivity index (χ1n) is 7.05. The molecule has 1 saturated carbocycles. The van der Waals surface area contributed by atoms with E-state index in [2.05, 4.69) is 16.8 Å². The SMILES string of the molecule is COc1ccnc(CN2C[C@@H](C)[C@](O)(C3CC3)C2)c1. The van der Waals surface area contributed by atoms with E-state index in [9.17, 15) is 5.11 Å². The summed E-state index contributed by atoms with van der Waals surface area (Å²) in [5.41, 5.74) is 0.533. The molecule has 2 atom stereocenters. The number of hydrogen-bond donors (Lipinski definition) is 1. The Labute approximate surface area is 114 Å². The van der Waals surface area contributed by atoms with Gasteiger partial charge in [0.2, 0.25) is 0 Å². The normalized spacial score (nSPS) is 31.6. The fourth-order valence-corrected chi connectivity index (χ4v) is 3.26. The molecule has 0 aromatic carbocycles. The second kappa shape index (κ2) is 4.76. The molecule has 1 aliphatic heterocycles. The van der Waals surface area contributed by atoms with Gasteiger partial charge in [-0.25, -0.2) is 0 Å². The molecule has 4 heteroatoms. The zero-order valence-corrected chi connectivity index (χ0v) is 11.7. The molecule has 1 aliphatic carbocycles. The second-order valence-corrected chi connectivity index (χ2v) is 6.02. The Morgan fingerprint density at radius 3 is 3.00 bits per heavy atom. The average Bonchev–Trinajstić information content (AvgIpc) is 3.19. The van der Waals surface area contributed by atoms with E-state index in [0.717, 1.165) is 31.1 Å². The Hall–Kier alpha value is -1.13. The third kappa shape index (κ3) is 2.47. The van der Waals surface area contributed by atoms with Gasteiger partial charge in [-0.2, -0.15) is 0 Å². The molecule has 104 valence electrons. The fraction of sp³-hybridized carbons (Fsp3) is 0.667. The number of rotatable bonds is 4. The van der Waals surface area contributed by atoms with Gasteiger partial charge in [-0.15, -0.1) is 0 Å². The molecular weight excluding hydrogens is 240 g/mol. The summed E-state index contributed by atoms with van der Waals surface area (Å²) in [5.74, 6) is 1.71. The Kier molecular flexibility index (Phi) is 3.23. The van der Waals surface area contributed by atoms with Crippen LogP contribution in [-0.4, -0.2) is 40.8 Å². The molecule has 0 unspecified atom stereocenters. The number of nitrogens with zero attached hydrogens (tertiary/aromatic N) is 2. The van der Waals surface area contributed by atoms with E-state index in [1.165, 1.54) is 12.8 Å². The maximum atomic E-state index is 10.8. The van der Waals surface area contributed by atoms with Crippen LogP contribution in [0.5, 0.6) is 5.75 Å². The zero-order chi connectivity index (χ0) is 13.5. The molecule has 0 radical (unpaired) electrons. The van der Waals surface area contributed by atoms with Crippen molar-refractivity contribution < 1.29 is 9.84 Å². The highest BCUT2D eigenvalue weighted by Crippen LogP contribution is 2.47. The highest BCUT2D eigenvalue weighted by atomic mass is 16.5. The molecule has 0 bridgehead atoms. The van der Waals surface area contributed by atoms with Crippen molar-refractivity contribution >= 4 is 0 Å². The summed E-state index contributed by atoms with van der Waals surface area (Å²) in [6.07, 6.45) is 4.15. The van der Waals surface area contributed by atoms with Crippen molar-refractivity contribution in [3.05, 3.63) is 24.0 Å². The van der Waals surface area contributed by atoms with E-state index >= 15 is 0 Å². The monoisotopic (exact) mass is 262 g/mol. The maximum absolute atomic E-state index is 10.8. The molecule has 3 rings (SSSR count). The van der Waals surface area contributed by atoms with Crippen LogP contribution < -0.4 is 4.74 Å². The van der Waals surface area contributed by atoms with Crippen LogP contribution in [0.3, 0.4) is 0 Å². The fourth-order valence-electron chi connectivity index (χ4n) is 3.26. The second-order valence-electron chi connectivity index (χ2n) is 6.02. The topological polar surface area (TPSA) is 45.6 Å². The van der Waals surface area contributed by atoms with Gasteiger partial charge < -0.3 is 9.84 Å². The van der Waals surface area contributed by atoms with Crippen LogP contribution in [0.4, 0.5) is 0 Å². The number of ether oxygens (including phenoxy) is 1. The quantitative estimate of drug-likeness (QED) is 0.897. The number of aromatic nitrogens is 1. The number of likely N-dealkylation sites (tertiary alicyclic amines) is 1. The predicted molar refractivity (Wildman–Crippen MR) is 72.9 cm³/mol. The van der Waals surface area contributed by atoms with Gasteiger partial charge in [0, 0.05) is 31.9 Å². The number of β-amino-alcohol motifs (C(OH)–C–C–N with tert-alkyl or cyclic N) is 1. The number of pyridine rings is 1. The van der Waals surface area contributed by atoms with E-state index in [1.807, 2.05) is 12.1 Å². The lowest BCUT2D eigenvalue weighted by Gasteiger charge is -2.26. The lowest BCUT2D eigenvalue weighted by Crippen LogP contribution is -2.39. The molecule has 1 saturated heterocycles. The Morgan fingerprint density at radius 2 is 2.32 bits per heavy atom. The van der Waals surface area contributed by atoms with Crippen LogP contribution in [0.2, 0.25) is 0 Å².